The molecule has 0 aliphatic carbocycles. The van der Waals surface area contributed by atoms with Crippen LogP contribution in [0.4, 0.5) is 16.2 Å². The number of alkyl carbamates (subject to hydrolysis) is 1. The highest BCUT2D eigenvalue weighted by atomic mass is 35.5. The van der Waals surface area contributed by atoms with Gasteiger partial charge in [-0.15, -0.1) is 0 Å². The zero-order valence-electron chi connectivity index (χ0n) is 54.8. The molecule has 8 rings (SSSR count). The lowest BCUT2D eigenvalue weighted by Crippen LogP contribution is -2.63. The second-order valence-electron chi connectivity index (χ2n) is 24.5. The topological polar surface area (TPSA) is 311 Å². The van der Waals surface area contributed by atoms with E-state index < -0.39 is 84.6 Å². The third-order valence-electron chi connectivity index (χ3n) is 17.9. The Hall–Kier alpha value is -7.40. The van der Waals surface area contributed by atoms with Crippen molar-refractivity contribution in [2.45, 2.75) is 146 Å². The van der Waals surface area contributed by atoms with Gasteiger partial charge in [-0.2, -0.15) is 5.11 Å². The van der Waals surface area contributed by atoms with Gasteiger partial charge in [0.15, 0.2) is 5.72 Å². The molecule has 0 saturated carbocycles. The van der Waals surface area contributed by atoms with E-state index in [0.717, 1.165) is 33.5 Å². The van der Waals surface area contributed by atoms with Crippen molar-refractivity contribution in [3.8, 4) is 0 Å². The number of methoxy groups -OCH3 is 1. The van der Waals surface area contributed by atoms with Crippen LogP contribution in [0.2, 0.25) is 5.02 Å². The zero-order chi connectivity index (χ0) is 67.7. The highest BCUT2D eigenvalue weighted by Gasteiger charge is 2.64. The molecular weight excluding hydrogens is 1240 g/mol. The molecule has 27 heteroatoms. The number of hydrogen-bond donors (Lipinski definition) is 5. The Morgan fingerprint density at radius 1 is 0.894 bits per heavy atom. The number of amides is 6. The molecule has 5 aliphatic rings. The fourth-order valence-corrected chi connectivity index (χ4v) is 12.3. The van der Waals surface area contributed by atoms with Crippen LogP contribution in [-0.4, -0.2) is 198 Å². The van der Waals surface area contributed by atoms with Gasteiger partial charge in [0.25, 0.3) is 0 Å². The molecule has 2 fully saturated rings. The van der Waals surface area contributed by atoms with E-state index in [0.29, 0.717) is 57.2 Å². The van der Waals surface area contributed by atoms with Crippen molar-refractivity contribution in [3.63, 3.8) is 0 Å². The molecule has 2 unspecified atom stereocenters. The lowest BCUT2D eigenvalue weighted by molar-refractivity contribution is -0.162. The van der Waals surface area contributed by atoms with Crippen molar-refractivity contribution < 1.29 is 81.7 Å². The molecule has 3 aromatic carbocycles. The van der Waals surface area contributed by atoms with Crippen LogP contribution in [-0.2, 0) is 86.2 Å². The van der Waals surface area contributed by atoms with Crippen LogP contribution in [0, 0.1) is 5.92 Å². The summed E-state index contributed by atoms with van der Waals surface area (Å²) in [6.45, 7) is 9.55. The number of fused-ring (bicyclic) bond motifs is 10. The van der Waals surface area contributed by atoms with Crippen LogP contribution < -0.4 is 25.9 Å². The number of aliphatic hydroxyl groups is 2. The van der Waals surface area contributed by atoms with Gasteiger partial charge in [0.2, 0.25) is 29.5 Å². The van der Waals surface area contributed by atoms with Gasteiger partial charge in [-0.05, 0) is 68.0 Å². The predicted molar refractivity (Wildman–Crippen MR) is 345 cm³/mol. The number of nitrogens with zero attached hydrogens (tertiary/aromatic N) is 6. The lowest BCUT2D eigenvalue weighted by Gasteiger charge is -2.42. The molecule has 5 N–H and O–H groups in total. The zero-order valence-corrected chi connectivity index (χ0v) is 55.6. The van der Waals surface area contributed by atoms with Gasteiger partial charge in [-0.25, -0.2) is 9.59 Å². The van der Waals surface area contributed by atoms with Crippen molar-refractivity contribution in [2.24, 2.45) is 16.3 Å². The minimum absolute atomic E-state index is 0.0515. The smallest absolute Gasteiger partial charge is 0.409 e. The maximum absolute atomic E-state index is 14.4. The summed E-state index contributed by atoms with van der Waals surface area (Å²) in [5.41, 5.74) is 5.96. The Labute approximate surface area is 553 Å². The molecule has 512 valence electrons. The average Bonchev–Trinajstić information content (AvgIpc) is 1.56. The molecule has 5 aliphatic heterocycles. The Kier molecular flexibility index (Phi) is 26.1. The number of ether oxygens (including phenoxy) is 8. The minimum Gasteiger partial charge on any atom is -0.457 e. The van der Waals surface area contributed by atoms with Crippen LogP contribution in [0.5, 0.6) is 0 Å². The van der Waals surface area contributed by atoms with E-state index >= 15 is 0 Å². The summed E-state index contributed by atoms with van der Waals surface area (Å²) in [6.07, 6.45) is 0.695. The van der Waals surface area contributed by atoms with Crippen LogP contribution in [0.15, 0.2) is 94.8 Å². The van der Waals surface area contributed by atoms with Gasteiger partial charge < -0.3 is 73.0 Å². The number of hydrogen-bond acceptors (Lipinski definition) is 20. The van der Waals surface area contributed by atoms with Crippen molar-refractivity contribution >= 4 is 64.6 Å². The van der Waals surface area contributed by atoms with E-state index in [1.165, 1.54) is 42.8 Å². The first kappa shape index (κ1) is 72.4. The summed E-state index contributed by atoms with van der Waals surface area (Å²) in [6, 6.07) is 17.6. The van der Waals surface area contributed by atoms with Crippen molar-refractivity contribution in [2.75, 3.05) is 104 Å². The van der Waals surface area contributed by atoms with Gasteiger partial charge >= 0.3 is 12.1 Å². The Bertz CT molecular complexity index is 3260. The van der Waals surface area contributed by atoms with Crippen LogP contribution >= 0.6 is 11.6 Å². The first-order chi connectivity index (χ1) is 45.1. The molecule has 5 heterocycles. The molecule has 2 saturated heterocycles. The van der Waals surface area contributed by atoms with Crippen LogP contribution in [0.1, 0.15) is 113 Å². The van der Waals surface area contributed by atoms with Gasteiger partial charge in [-0.1, -0.05) is 96.1 Å². The number of halogens is 1. The molecule has 0 radical (unpaired) electrons. The molecule has 4 bridgehead atoms. The summed E-state index contributed by atoms with van der Waals surface area (Å²) in [4.78, 5) is 100. The molecule has 94 heavy (non-hydrogen) atoms. The third-order valence-corrected chi connectivity index (χ3v) is 18.3. The summed E-state index contributed by atoms with van der Waals surface area (Å²) >= 11 is 6.80. The van der Waals surface area contributed by atoms with Crippen LogP contribution in [0.3, 0.4) is 0 Å². The van der Waals surface area contributed by atoms with Crippen molar-refractivity contribution in [3.05, 3.63) is 117 Å². The number of carbonyl (C=O) groups is 7. The monoisotopic (exact) mass is 1330 g/mol. The largest absolute Gasteiger partial charge is 0.457 e. The van der Waals surface area contributed by atoms with Gasteiger partial charge in [0.05, 0.1) is 95.3 Å². The maximum Gasteiger partial charge on any atom is 0.409 e. The summed E-state index contributed by atoms with van der Waals surface area (Å²) in [7, 11) is 6.02. The maximum atomic E-state index is 14.4. The molecule has 0 spiro atoms. The molecule has 3 aromatic rings. The van der Waals surface area contributed by atoms with E-state index in [1.54, 1.807) is 50.1 Å². The highest BCUT2D eigenvalue weighted by Crippen LogP contribution is 2.50. The number of carbonyl (C=O) groups excluding carboxylic acids is 7. The van der Waals surface area contributed by atoms with Crippen LogP contribution in [0.25, 0.3) is 0 Å². The number of aliphatic hydroxyl groups excluding tert-OH is 1. The fraction of sp³-hybridized carbons (Fsp3) is 0.567. The Morgan fingerprint density at radius 2 is 1.56 bits per heavy atom. The van der Waals surface area contributed by atoms with Gasteiger partial charge in [-0.3, -0.25) is 34.7 Å². The number of epoxide rings is 1. The second kappa shape index (κ2) is 33.8. The number of esters is 1. The summed E-state index contributed by atoms with van der Waals surface area (Å²) < 4.78 is 46.2. The minimum atomic E-state index is -1.89. The molecule has 10 atom stereocenters. The van der Waals surface area contributed by atoms with Gasteiger partial charge in [0.1, 0.15) is 36.0 Å². The first-order valence-electron chi connectivity index (χ1n) is 31.9. The number of rotatable bonds is 27. The van der Waals surface area contributed by atoms with E-state index in [2.05, 4.69) is 26.4 Å². The standard InChI is InChI=1S/C67H90ClN9O17/c1-42-15-13-20-53(87-8)67(86)39-52(92-65(85)70-67)43(2)63-66(4,94-63)54(38-59(83)76(7)51-37-45(35-42)36-47(41-78)60(51)68)93-64(84)44(3)75(6)57(81)22-14-21-56(80)74(5)26-28-89-30-32-91-34-33-90-31-29-88-27-24-55(79)69-25-23-58(82)77-40-46-16-9-10-17-48(46)61-62(72-73-71-61)49-18-11-12-19-50(49)77/h9-13,15-20,36-37,43-44,52-54,61-63,78,86H,14,21-35,38-41H2,1-8H3,(H,69,79)(H,70,85)(H,71,72)/b20-13+,42-15-/t43-,44+,52+,53-,54+,61?,62?,63+,66+,67+/m1/s1. The van der Waals surface area contributed by atoms with E-state index in [9.17, 15) is 43.8 Å². The van der Waals surface area contributed by atoms with Gasteiger partial charge in [0, 0.05) is 90.6 Å². The number of anilines is 2. The summed E-state index contributed by atoms with van der Waals surface area (Å²) in [5, 5.41) is 36.3. The molecule has 0 aromatic heterocycles. The number of likely N-dealkylation sites (N-methyl/N-ethyl adjacent to an activating group) is 2. The quantitative estimate of drug-likeness (QED) is 0.0338. The first-order valence-corrected chi connectivity index (χ1v) is 32.3. The SMILES string of the molecule is CO[C@@H]1/C=C/C=C(/C)Cc2cc(CO)c(Cl)c(c2)N(C)C(=O)C[C@H](OC(=O)[C@H](C)N(C)C(=O)CCCC(=O)N(C)CCOCCOCCOCCOCCC(=O)NCCC(=O)N2Cc3ccccc3C3NN=NC3c3ccccc32)[C@]2(C)O[C@H]2[C@H](C)[C@@H]2C[C@@]1(O)NC(=O)O2. The molecule has 6 amide bonds. The predicted octanol–water partition coefficient (Wildman–Crippen LogP) is 5.89. The number of para-hydroxylation sites is 1. The third kappa shape index (κ3) is 18.5. The van der Waals surface area contributed by atoms with E-state index in [1.807, 2.05) is 61.5 Å². The van der Waals surface area contributed by atoms with Crippen molar-refractivity contribution in [1.82, 2.24) is 25.9 Å². The lowest BCUT2D eigenvalue weighted by atomic mass is 9.83. The normalized spacial score (nSPS) is 25.2. The number of nitrogens with one attached hydrogen (secondary N) is 3. The second-order valence-corrected chi connectivity index (χ2v) is 24.9. The molecular formula is C67H90ClN9O17. The Morgan fingerprint density at radius 3 is 2.28 bits per heavy atom. The van der Waals surface area contributed by atoms with E-state index in [4.69, 9.17) is 49.5 Å². The number of allylic oxidation sites excluding steroid dienone is 3. The Balaban J connectivity index is 0.695. The number of benzene rings is 3. The summed E-state index contributed by atoms with van der Waals surface area (Å²) in [5.74, 6) is -2.91. The fourth-order valence-electron chi connectivity index (χ4n) is 12.0. The highest BCUT2D eigenvalue weighted by molar-refractivity contribution is 6.34. The van der Waals surface area contributed by atoms with Crippen molar-refractivity contribution in [1.29, 1.82) is 0 Å². The molecule has 26 nitrogen and oxygen atoms in total. The van der Waals surface area contributed by atoms with E-state index in [-0.39, 0.29) is 106 Å². The average molecular weight is 1330 g/mol.